The molecule has 170 valence electrons. The van der Waals surface area contributed by atoms with Gasteiger partial charge in [0, 0.05) is 25.8 Å². The van der Waals surface area contributed by atoms with Gasteiger partial charge in [0.15, 0.2) is 5.58 Å². The highest BCUT2D eigenvalue weighted by atomic mass is 32.2. The molecule has 3 aromatic rings. The summed E-state index contributed by atoms with van der Waals surface area (Å²) < 4.78 is 37.6. The molecule has 0 bridgehead atoms. The van der Waals surface area contributed by atoms with Gasteiger partial charge in [-0.15, -0.1) is 0 Å². The molecule has 0 fully saturated rings. The first-order chi connectivity index (χ1) is 15.0. The molecule has 0 aliphatic carbocycles. The van der Waals surface area contributed by atoms with Crippen LogP contribution in [-0.4, -0.2) is 48.8 Å². The van der Waals surface area contributed by atoms with Crippen LogP contribution in [-0.2, 0) is 21.4 Å². The summed E-state index contributed by atoms with van der Waals surface area (Å²) in [5, 5.41) is 13.4. The molecule has 0 unspecified atom stereocenters. The zero-order valence-electron chi connectivity index (χ0n) is 17.4. The maximum Gasteiger partial charge on any atom is 0.420 e. The van der Waals surface area contributed by atoms with Crippen molar-refractivity contribution in [2.24, 2.45) is 0 Å². The molecule has 13 heteroatoms. The van der Waals surface area contributed by atoms with Gasteiger partial charge in [-0.3, -0.25) is 19.5 Å². The van der Waals surface area contributed by atoms with Crippen molar-refractivity contribution in [2.45, 2.75) is 18.4 Å². The Morgan fingerprint density at radius 3 is 2.59 bits per heavy atom. The number of hydrogen-bond donors (Lipinski definition) is 1. The number of carbonyl (C=O) groups is 1. The Balaban J connectivity index is 1.89. The molecular weight excluding hydrogens is 444 g/mol. The number of benzene rings is 2. The Kier molecular flexibility index (Phi) is 6.32. The largest absolute Gasteiger partial charge is 0.492 e. The number of rotatable bonds is 8. The van der Waals surface area contributed by atoms with Crippen molar-refractivity contribution in [1.29, 1.82) is 0 Å². The standard InChI is InChI=1S/C19H20N4O8S/c1-4-30-15-8-5-12(9-17(15)32(28,29)21(2)3)20-18(24)11-22-14-7-6-13(23(26)27)10-16(14)31-19(22)25/h5-10H,4,11H2,1-3H3,(H,20,24). The van der Waals surface area contributed by atoms with Gasteiger partial charge in [-0.05, 0) is 31.2 Å². The number of fused-ring (bicyclic) bond motifs is 1. The van der Waals surface area contributed by atoms with Crippen LogP contribution in [0.4, 0.5) is 11.4 Å². The lowest BCUT2D eigenvalue weighted by Crippen LogP contribution is -2.25. The number of aromatic nitrogens is 1. The average Bonchev–Trinajstić information content (AvgIpc) is 3.03. The van der Waals surface area contributed by atoms with Gasteiger partial charge in [0.2, 0.25) is 15.9 Å². The maximum atomic E-state index is 12.6. The number of nitrogens with zero attached hydrogens (tertiary/aromatic N) is 3. The summed E-state index contributed by atoms with van der Waals surface area (Å²) in [6.45, 7) is 1.51. The van der Waals surface area contributed by atoms with Crippen molar-refractivity contribution in [3.05, 3.63) is 57.1 Å². The van der Waals surface area contributed by atoms with Crippen LogP contribution in [0.25, 0.3) is 11.1 Å². The van der Waals surface area contributed by atoms with Crippen LogP contribution >= 0.6 is 0 Å². The molecular formula is C19H20N4O8S. The number of oxazole rings is 1. The van der Waals surface area contributed by atoms with Crippen molar-refractivity contribution in [3.8, 4) is 5.75 Å². The number of anilines is 1. The van der Waals surface area contributed by atoms with Crippen LogP contribution in [0.2, 0.25) is 0 Å². The first-order valence-corrected chi connectivity index (χ1v) is 10.8. The van der Waals surface area contributed by atoms with E-state index in [2.05, 4.69) is 5.32 Å². The molecule has 3 rings (SSSR count). The van der Waals surface area contributed by atoms with E-state index in [-0.39, 0.29) is 39.7 Å². The SMILES string of the molecule is CCOc1ccc(NC(=O)Cn2c(=O)oc3cc([N+](=O)[O-])ccc32)cc1S(=O)(=O)N(C)C. The molecule has 0 saturated carbocycles. The fourth-order valence-corrected chi connectivity index (χ4v) is 3.97. The highest BCUT2D eigenvalue weighted by molar-refractivity contribution is 7.89. The normalized spacial score (nSPS) is 11.6. The van der Waals surface area contributed by atoms with Gasteiger partial charge < -0.3 is 14.5 Å². The molecule has 0 atom stereocenters. The Morgan fingerprint density at radius 1 is 1.25 bits per heavy atom. The second kappa shape index (κ2) is 8.80. The number of nitrogens with one attached hydrogen (secondary N) is 1. The number of sulfonamides is 1. The fourth-order valence-electron chi connectivity index (χ4n) is 2.92. The van der Waals surface area contributed by atoms with E-state index in [1.54, 1.807) is 6.92 Å². The van der Waals surface area contributed by atoms with Crippen LogP contribution in [0.3, 0.4) is 0 Å². The molecule has 2 aromatic carbocycles. The summed E-state index contributed by atoms with van der Waals surface area (Å²) in [5.74, 6) is -1.36. The summed E-state index contributed by atoms with van der Waals surface area (Å²) >= 11 is 0. The van der Waals surface area contributed by atoms with Crippen LogP contribution < -0.4 is 15.8 Å². The number of non-ortho nitro benzene ring substituents is 1. The predicted octanol–water partition coefficient (Wildman–Crippen LogP) is 1.79. The minimum Gasteiger partial charge on any atom is -0.492 e. The fraction of sp³-hybridized carbons (Fsp3) is 0.263. The Morgan fingerprint density at radius 2 is 1.97 bits per heavy atom. The van der Waals surface area contributed by atoms with Crippen LogP contribution in [0.1, 0.15) is 6.92 Å². The van der Waals surface area contributed by atoms with Gasteiger partial charge >= 0.3 is 5.76 Å². The third-order valence-electron chi connectivity index (χ3n) is 4.45. The molecule has 1 aromatic heterocycles. The van der Waals surface area contributed by atoms with Crippen LogP contribution in [0.5, 0.6) is 5.75 Å². The second-order valence-electron chi connectivity index (χ2n) is 6.79. The molecule has 32 heavy (non-hydrogen) atoms. The van der Waals surface area contributed by atoms with Crippen molar-refractivity contribution >= 4 is 38.4 Å². The quantitative estimate of drug-likeness (QED) is 0.391. The third-order valence-corrected chi connectivity index (χ3v) is 6.29. The zero-order valence-corrected chi connectivity index (χ0v) is 18.2. The van der Waals surface area contributed by atoms with Gasteiger partial charge in [-0.1, -0.05) is 0 Å². The molecule has 0 saturated heterocycles. The Hall–Kier alpha value is -3.71. The molecule has 1 N–H and O–H groups in total. The monoisotopic (exact) mass is 464 g/mol. The molecule has 0 spiro atoms. The van der Waals surface area contributed by atoms with Crippen LogP contribution in [0, 0.1) is 10.1 Å². The first-order valence-electron chi connectivity index (χ1n) is 9.31. The number of amides is 1. The summed E-state index contributed by atoms with van der Waals surface area (Å²) in [7, 11) is -1.11. The van der Waals surface area contributed by atoms with Crippen molar-refractivity contribution in [1.82, 2.24) is 8.87 Å². The van der Waals surface area contributed by atoms with E-state index in [1.807, 2.05) is 0 Å². The summed E-state index contributed by atoms with van der Waals surface area (Å²) in [5.41, 5.74) is 0.0954. The molecule has 1 heterocycles. The van der Waals surface area contributed by atoms with E-state index >= 15 is 0 Å². The van der Waals surface area contributed by atoms with E-state index < -0.39 is 33.2 Å². The van der Waals surface area contributed by atoms with Crippen molar-refractivity contribution in [3.63, 3.8) is 0 Å². The second-order valence-corrected chi connectivity index (χ2v) is 8.91. The minimum atomic E-state index is -3.85. The number of carbonyl (C=O) groups excluding carboxylic acids is 1. The molecule has 0 radical (unpaired) electrons. The predicted molar refractivity (Wildman–Crippen MR) is 114 cm³/mol. The van der Waals surface area contributed by atoms with E-state index in [9.17, 15) is 28.1 Å². The lowest BCUT2D eigenvalue weighted by atomic mass is 10.3. The highest BCUT2D eigenvalue weighted by Gasteiger charge is 2.23. The Labute approximate surface area is 182 Å². The lowest BCUT2D eigenvalue weighted by Gasteiger charge is -2.16. The zero-order chi connectivity index (χ0) is 23.6. The smallest absolute Gasteiger partial charge is 0.420 e. The van der Waals surface area contributed by atoms with E-state index in [0.29, 0.717) is 0 Å². The highest BCUT2D eigenvalue weighted by Crippen LogP contribution is 2.29. The number of ether oxygens (including phenoxy) is 1. The van der Waals surface area contributed by atoms with Crippen molar-refractivity contribution in [2.75, 3.05) is 26.0 Å². The van der Waals surface area contributed by atoms with Gasteiger partial charge in [0.25, 0.3) is 5.69 Å². The minimum absolute atomic E-state index is 0.0302. The van der Waals surface area contributed by atoms with Gasteiger partial charge in [0.05, 0.1) is 23.1 Å². The average molecular weight is 464 g/mol. The van der Waals surface area contributed by atoms with Gasteiger partial charge in [-0.25, -0.2) is 17.5 Å². The summed E-state index contributed by atoms with van der Waals surface area (Å²) in [4.78, 5) is 34.8. The summed E-state index contributed by atoms with van der Waals surface area (Å²) in [6.07, 6.45) is 0. The first kappa shape index (κ1) is 23.0. The lowest BCUT2D eigenvalue weighted by molar-refractivity contribution is -0.384. The third kappa shape index (κ3) is 4.48. The topological polar surface area (TPSA) is 154 Å². The summed E-state index contributed by atoms with van der Waals surface area (Å²) in [6, 6.07) is 7.75. The molecule has 12 nitrogen and oxygen atoms in total. The van der Waals surface area contributed by atoms with Gasteiger partial charge in [0.1, 0.15) is 17.2 Å². The van der Waals surface area contributed by atoms with E-state index in [4.69, 9.17) is 9.15 Å². The Bertz CT molecular complexity index is 1360. The molecule has 1 amide bonds. The van der Waals surface area contributed by atoms with Crippen molar-refractivity contribution < 1.29 is 27.3 Å². The number of nitro benzene ring substituents is 1. The van der Waals surface area contributed by atoms with E-state index in [1.165, 1.54) is 44.4 Å². The van der Waals surface area contributed by atoms with Gasteiger partial charge in [-0.2, -0.15) is 0 Å². The van der Waals surface area contributed by atoms with E-state index in [0.717, 1.165) is 14.9 Å². The molecule has 0 aliphatic heterocycles. The molecule has 0 aliphatic rings. The van der Waals surface area contributed by atoms with Crippen LogP contribution in [0.15, 0.2) is 50.5 Å². The maximum absolute atomic E-state index is 12.6. The number of hydrogen-bond acceptors (Lipinski definition) is 8. The number of nitro groups is 1.